The average molecular weight is 384 g/mol. The Kier molecular flexibility index (Phi) is 4.41. The molecular weight excluding hydrogens is 368 g/mol. The Balaban J connectivity index is 1.68. The predicted octanol–water partition coefficient (Wildman–Crippen LogP) is 3.49. The standard InChI is InChI=1S/C19H16N2O5S/c1-23-13-4-6-14(24-2)11(7-13)8-17-18(22)21(19(20)27-17)12-3-5-15-16(9-12)26-10-25-15/h3-9,20H,10H2,1-2H3. The topological polar surface area (TPSA) is 81.1 Å². The van der Waals surface area contributed by atoms with Crippen molar-refractivity contribution in [1.82, 2.24) is 0 Å². The summed E-state index contributed by atoms with van der Waals surface area (Å²) in [5.74, 6) is 2.17. The van der Waals surface area contributed by atoms with Crippen molar-refractivity contribution in [1.29, 1.82) is 5.41 Å². The number of anilines is 1. The van der Waals surface area contributed by atoms with Crippen LogP contribution < -0.4 is 23.8 Å². The Bertz CT molecular complexity index is 973. The summed E-state index contributed by atoms with van der Waals surface area (Å²) in [5.41, 5.74) is 1.26. The van der Waals surface area contributed by atoms with E-state index in [-0.39, 0.29) is 17.9 Å². The molecule has 2 aliphatic heterocycles. The number of methoxy groups -OCH3 is 2. The Hall–Kier alpha value is -3.13. The van der Waals surface area contributed by atoms with Crippen molar-refractivity contribution >= 4 is 34.6 Å². The molecule has 0 spiro atoms. The lowest BCUT2D eigenvalue weighted by Crippen LogP contribution is -2.28. The number of ether oxygens (including phenoxy) is 4. The first-order valence-electron chi connectivity index (χ1n) is 8.05. The third kappa shape index (κ3) is 3.08. The van der Waals surface area contributed by atoms with Gasteiger partial charge in [0.25, 0.3) is 5.91 Å². The van der Waals surface area contributed by atoms with Gasteiger partial charge in [0.1, 0.15) is 11.5 Å². The molecule has 2 aromatic carbocycles. The third-order valence-electron chi connectivity index (χ3n) is 4.16. The van der Waals surface area contributed by atoms with E-state index in [0.29, 0.717) is 39.2 Å². The summed E-state index contributed by atoms with van der Waals surface area (Å²) in [5, 5.41) is 8.36. The highest BCUT2D eigenvalue weighted by molar-refractivity contribution is 8.19. The van der Waals surface area contributed by atoms with Crippen molar-refractivity contribution in [2.45, 2.75) is 0 Å². The van der Waals surface area contributed by atoms with E-state index in [4.69, 9.17) is 24.4 Å². The van der Waals surface area contributed by atoms with Crippen LogP contribution >= 0.6 is 11.8 Å². The molecule has 1 saturated heterocycles. The first-order valence-corrected chi connectivity index (χ1v) is 8.86. The number of thioether (sulfide) groups is 1. The number of hydrogen-bond acceptors (Lipinski definition) is 7. The molecule has 0 aliphatic carbocycles. The normalized spacial score (nSPS) is 17.0. The van der Waals surface area contributed by atoms with Gasteiger partial charge in [-0.25, -0.2) is 0 Å². The van der Waals surface area contributed by atoms with E-state index in [1.165, 1.54) is 4.90 Å². The molecule has 0 bridgehead atoms. The Morgan fingerprint density at radius 3 is 2.70 bits per heavy atom. The largest absolute Gasteiger partial charge is 0.497 e. The molecule has 1 fully saturated rings. The van der Waals surface area contributed by atoms with E-state index in [1.54, 1.807) is 56.7 Å². The lowest BCUT2D eigenvalue weighted by atomic mass is 10.1. The van der Waals surface area contributed by atoms with Crippen LogP contribution in [0.1, 0.15) is 5.56 Å². The second kappa shape index (κ2) is 6.88. The lowest BCUT2D eigenvalue weighted by molar-refractivity contribution is -0.113. The Morgan fingerprint density at radius 2 is 1.93 bits per heavy atom. The van der Waals surface area contributed by atoms with Gasteiger partial charge in [0.2, 0.25) is 6.79 Å². The Morgan fingerprint density at radius 1 is 1.11 bits per heavy atom. The van der Waals surface area contributed by atoms with E-state index in [9.17, 15) is 4.79 Å². The smallest absolute Gasteiger partial charge is 0.271 e. The number of nitrogens with one attached hydrogen (secondary N) is 1. The molecular formula is C19H16N2O5S. The zero-order valence-electron chi connectivity index (χ0n) is 14.6. The predicted molar refractivity (Wildman–Crippen MR) is 103 cm³/mol. The van der Waals surface area contributed by atoms with E-state index in [1.807, 2.05) is 0 Å². The van der Waals surface area contributed by atoms with E-state index in [0.717, 1.165) is 11.8 Å². The summed E-state index contributed by atoms with van der Waals surface area (Å²) in [6.07, 6.45) is 1.70. The molecule has 8 heteroatoms. The molecule has 0 atom stereocenters. The van der Waals surface area contributed by atoms with Crippen LogP contribution in [0, 0.1) is 5.41 Å². The first kappa shape index (κ1) is 17.3. The second-order valence-corrected chi connectivity index (χ2v) is 6.73. The van der Waals surface area contributed by atoms with Crippen LogP contribution in [0.25, 0.3) is 6.08 Å². The highest BCUT2D eigenvalue weighted by Crippen LogP contribution is 2.41. The van der Waals surface area contributed by atoms with Crippen molar-refractivity contribution in [2.75, 3.05) is 25.9 Å². The zero-order chi connectivity index (χ0) is 19.0. The van der Waals surface area contributed by atoms with Gasteiger partial charge in [0, 0.05) is 11.6 Å². The zero-order valence-corrected chi connectivity index (χ0v) is 15.5. The fourth-order valence-corrected chi connectivity index (χ4v) is 3.69. The molecule has 2 aliphatic rings. The number of carbonyl (C=O) groups excluding carboxylic acids is 1. The molecule has 0 saturated carbocycles. The summed E-state index contributed by atoms with van der Waals surface area (Å²) in [6, 6.07) is 10.5. The average Bonchev–Trinajstić information content (AvgIpc) is 3.25. The molecule has 1 N–H and O–H groups in total. The van der Waals surface area contributed by atoms with Gasteiger partial charge in [0.15, 0.2) is 16.7 Å². The molecule has 0 unspecified atom stereocenters. The van der Waals surface area contributed by atoms with Gasteiger partial charge >= 0.3 is 0 Å². The summed E-state index contributed by atoms with van der Waals surface area (Å²) in [6.45, 7) is 0.152. The van der Waals surface area contributed by atoms with Gasteiger partial charge in [-0.3, -0.25) is 15.1 Å². The molecule has 2 aromatic rings. The quantitative estimate of drug-likeness (QED) is 0.813. The van der Waals surface area contributed by atoms with Crippen molar-refractivity contribution in [3.63, 3.8) is 0 Å². The third-order valence-corrected chi connectivity index (χ3v) is 5.05. The van der Waals surface area contributed by atoms with E-state index < -0.39 is 0 Å². The minimum atomic E-state index is -0.284. The van der Waals surface area contributed by atoms with Gasteiger partial charge in [0.05, 0.1) is 24.8 Å². The summed E-state index contributed by atoms with van der Waals surface area (Å²) >= 11 is 1.09. The van der Waals surface area contributed by atoms with Gasteiger partial charge in [-0.1, -0.05) is 0 Å². The minimum Gasteiger partial charge on any atom is -0.497 e. The number of amidine groups is 1. The molecule has 0 radical (unpaired) electrons. The number of benzene rings is 2. The van der Waals surface area contributed by atoms with Crippen LogP contribution in [0.5, 0.6) is 23.0 Å². The highest BCUT2D eigenvalue weighted by atomic mass is 32.2. The van der Waals surface area contributed by atoms with Crippen LogP contribution in [0.2, 0.25) is 0 Å². The molecule has 2 heterocycles. The minimum absolute atomic E-state index is 0.118. The summed E-state index contributed by atoms with van der Waals surface area (Å²) in [7, 11) is 3.14. The number of nitrogens with zero attached hydrogens (tertiary/aromatic N) is 1. The maximum atomic E-state index is 12.9. The molecule has 27 heavy (non-hydrogen) atoms. The van der Waals surface area contributed by atoms with Crippen molar-refractivity contribution in [2.24, 2.45) is 0 Å². The number of amides is 1. The maximum absolute atomic E-state index is 12.9. The highest BCUT2D eigenvalue weighted by Gasteiger charge is 2.34. The first-order chi connectivity index (χ1) is 13.1. The number of carbonyl (C=O) groups is 1. The van der Waals surface area contributed by atoms with Gasteiger partial charge < -0.3 is 18.9 Å². The maximum Gasteiger partial charge on any atom is 0.271 e. The van der Waals surface area contributed by atoms with E-state index in [2.05, 4.69) is 0 Å². The molecule has 1 amide bonds. The second-order valence-electron chi connectivity index (χ2n) is 5.70. The molecule has 7 nitrogen and oxygen atoms in total. The van der Waals surface area contributed by atoms with Crippen LogP contribution in [-0.4, -0.2) is 32.1 Å². The van der Waals surface area contributed by atoms with Gasteiger partial charge in [-0.15, -0.1) is 0 Å². The summed E-state index contributed by atoms with van der Waals surface area (Å²) < 4.78 is 21.3. The molecule has 4 rings (SSSR count). The molecule has 138 valence electrons. The monoisotopic (exact) mass is 384 g/mol. The SMILES string of the molecule is COc1ccc(OC)c(C=C2SC(=N)N(c3ccc4c(c3)OCO4)C2=O)c1. The van der Waals surface area contributed by atoms with Crippen molar-refractivity contribution < 1.29 is 23.7 Å². The van der Waals surface area contributed by atoms with Crippen molar-refractivity contribution in [3.8, 4) is 23.0 Å². The number of fused-ring (bicyclic) bond motifs is 1. The lowest BCUT2D eigenvalue weighted by Gasteiger charge is -2.14. The number of rotatable bonds is 4. The van der Waals surface area contributed by atoms with Crippen LogP contribution in [0.4, 0.5) is 5.69 Å². The Labute approximate surface area is 160 Å². The van der Waals surface area contributed by atoms with Crippen LogP contribution in [-0.2, 0) is 4.79 Å². The van der Waals surface area contributed by atoms with E-state index >= 15 is 0 Å². The van der Waals surface area contributed by atoms with Gasteiger partial charge in [-0.05, 0) is 48.2 Å². The number of hydrogen-bond donors (Lipinski definition) is 1. The fraction of sp³-hybridized carbons (Fsp3) is 0.158. The van der Waals surface area contributed by atoms with Crippen LogP contribution in [0.15, 0.2) is 41.3 Å². The fourth-order valence-electron chi connectivity index (χ4n) is 2.84. The van der Waals surface area contributed by atoms with Crippen molar-refractivity contribution in [3.05, 3.63) is 46.9 Å². The van der Waals surface area contributed by atoms with Gasteiger partial charge in [-0.2, -0.15) is 0 Å². The van der Waals surface area contributed by atoms with Crippen LogP contribution in [0.3, 0.4) is 0 Å². The summed E-state index contributed by atoms with van der Waals surface area (Å²) in [4.78, 5) is 14.7. The molecule has 0 aromatic heterocycles.